The van der Waals surface area contributed by atoms with Gasteiger partial charge in [-0.1, -0.05) is 0 Å². The zero-order valence-electron chi connectivity index (χ0n) is 17.5. The second-order valence-electron chi connectivity index (χ2n) is 8.00. The lowest BCUT2D eigenvalue weighted by atomic mass is 10.1. The molecule has 1 fully saturated rings. The fraction of sp³-hybridized carbons (Fsp3) is 0.455. The Bertz CT molecular complexity index is 884. The molecule has 3 rings (SSSR count). The molecule has 1 aromatic carbocycles. The van der Waals surface area contributed by atoms with Gasteiger partial charge in [-0.15, -0.1) is 0 Å². The Morgan fingerprint density at radius 1 is 1.13 bits per heavy atom. The first-order valence-corrected chi connectivity index (χ1v) is 10.1. The standard InChI is InChI=1S/C22H27FN4O3/c1-15-13-25-19(14-24-15)20(28)26-17-5-4-11-27(12-10-17)21(29)22(2,3)30-18-8-6-16(23)7-9-18/h6-9,13-14,17H,4-5,10-12H2,1-3H3,(H,26,28). The number of carbonyl (C=O) groups is 2. The molecule has 1 N–H and O–H groups in total. The molecule has 1 atom stereocenters. The molecule has 0 radical (unpaired) electrons. The zero-order chi connectivity index (χ0) is 21.7. The predicted octanol–water partition coefficient (Wildman–Crippen LogP) is 2.89. The number of nitrogens with zero attached hydrogens (tertiary/aromatic N) is 3. The summed E-state index contributed by atoms with van der Waals surface area (Å²) >= 11 is 0. The molecule has 2 heterocycles. The van der Waals surface area contributed by atoms with Gasteiger partial charge >= 0.3 is 0 Å². The van der Waals surface area contributed by atoms with E-state index in [0.29, 0.717) is 25.3 Å². The second kappa shape index (κ2) is 9.19. The van der Waals surface area contributed by atoms with Crippen molar-refractivity contribution in [1.82, 2.24) is 20.2 Å². The first-order chi connectivity index (χ1) is 14.2. The van der Waals surface area contributed by atoms with Gasteiger partial charge in [-0.25, -0.2) is 9.37 Å². The van der Waals surface area contributed by atoms with Gasteiger partial charge in [0.1, 0.15) is 17.3 Å². The summed E-state index contributed by atoms with van der Waals surface area (Å²) in [5.41, 5.74) is -0.0504. The number of nitrogens with one attached hydrogen (secondary N) is 1. The summed E-state index contributed by atoms with van der Waals surface area (Å²) in [5, 5.41) is 2.99. The first-order valence-electron chi connectivity index (χ1n) is 10.1. The van der Waals surface area contributed by atoms with E-state index in [2.05, 4.69) is 15.3 Å². The molecule has 8 heteroatoms. The van der Waals surface area contributed by atoms with Gasteiger partial charge < -0.3 is 15.0 Å². The lowest BCUT2D eigenvalue weighted by Crippen LogP contribution is -2.49. The molecule has 2 aromatic rings. The molecule has 1 aliphatic rings. The third kappa shape index (κ3) is 5.52. The normalized spacial score (nSPS) is 17.2. The molecule has 160 valence electrons. The van der Waals surface area contributed by atoms with Crippen molar-refractivity contribution in [2.45, 2.75) is 51.7 Å². The molecule has 30 heavy (non-hydrogen) atoms. The number of benzene rings is 1. The van der Waals surface area contributed by atoms with Crippen LogP contribution in [0.5, 0.6) is 5.75 Å². The average molecular weight is 414 g/mol. The molecule has 2 amide bonds. The van der Waals surface area contributed by atoms with E-state index in [1.165, 1.54) is 30.5 Å². The summed E-state index contributed by atoms with van der Waals surface area (Å²) in [6.07, 6.45) is 5.21. The molecule has 0 bridgehead atoms. The van der Waals surface area contributed by atoms with E-state index in [4.69, 9.17) is 4.74 Å². The monoisotopic (exact) mass is 414 g/mol. The number of hydrogen-bond acceptors (Lipinski definition) is 5. The number of rotatable bonds is 5. The molecule has 1 saturated heterocycles. The topological polar surface area (TPSA) is 84.4 Å². The van der Waals surface area contributed by atoms with Crippen LogP contribution >= 0.6 is 0 Å². The molecular weight excluding hydrogens is 387 g/mol. The van der Waals surface area contributed by atoms with Crippen LogP contribution in [-0.4, -0.2) is 51.4 Å². The lowest BCUT2D eigenvalue weighted by Gasteiger charge is -2.31. The van der Waals surface area contributed by atoms with Crippen molar-refractivity contribution in [3.63, 3.8) is 0 Å². The fourth-order valence-corrected chi connectivity index (χ4v) is 3.43. The number of aromatic nitrogens is 2. The highest BCUT2D eigenvalue weighted by Gasteiger charge is 2.35. The lowest BCUT2D eigenvalue weighted by molar-refractivity contribution is -0.145. The van der Waals surface area contributed by atoms with Crippen molar-refractivity contribution in [3.8, 4) is 5.75 Å². The average Bonchev–Trinajstić information content (AvgIpc) is 2.95. The Morgan fingerprint density at radius 2 is 1.87 bits per heavy atom. The van der Waals surface area contributed by atoms with Gasteiger partial charge in [-0.3, -0.25) is 14.6 Å². The van der Waals surface area contributed by atoms with Crippen LogP contribution in [0.3, 0.4) is 0 Å². The van der Waals surface area contributed by atoms with Crippen LogP contribution in [0.2, 0.25) is 0 Å². The highest BCUT2D eigenvalue weighted by atomic mass is 19.1. The largest absolute Gasteiger partial charge is 0.478 e. The number of hydrogen-bond donors (Lipinski definition) is 1. The third-order valence-corrected chi connectivity index (χ3v) is 5.07. The van der Waals surface area contributed by atoms with Gasteiger partial charge in [0.25, 0.3) is 11.8 Å². The predicted molar refractivity (Wildman–Crippen MR) is 110 cm³/mol. The minimum absolute atomic E-state index is 0.0421. The van der Waals surface area contributed by atoms with E-state index >= 15 is 0 Å². The second-order valence-corrected chi connectivity index (χ2v) is 8.00. The van der Waals surface area contributed by atoms with Gasteiger partial charge in [0.05, 0.1) is 11.9 Å². The number of halogens is 1. The molecular formula is C22H27FN4O3. The molecule has 0 spiro atoms. The molecule has 0 saturated carbocycles. The number of likely N-dealkylation sites (tertiary alicyclic amines) is 1. The summed E-state index contributed by atoms with van der Waals surface area (Å²) in [7, 11) is 0. The van der Waals surface area contributed by atoms with E-state index in [-0.39, 0.29) is 29.4 Å². The van der Waals surface area contributed by atoms with Gasteiger partial charge in [0, 0.05) is 25.3 Å². The van der Waals surface area contributed by atoms with E-state index in [1.54, 1.807) is 24.9 Å². The number of amides is 2. The Hall–Kier alpha value is -3.03. The Kier molecular flexibility index (Phi) is 6.64. The summed E-state index contributed by atoms with van der Waals surface area (Å²) in [4.78, 5) is 35.4. The molecule has 1 aliphatic heterocycles. The van der Waals surface area contributed by atoms with E-state index < -0.39 is 5.60 Å². The van der Waals surface area contributed by atoms with E-state index in [9.17, 15) is 14.0 Å². The van der Waals surface area contributed by atoms with Gasteiger partial charge in [-0.2, -0.15) is 0 Å². The minimum Gasteiger partial charge on any atom is -0.478 e. The van der Waals surface area contributed by atoms with Gasteiger partial charge in [0.15, 0.2) is 5.60 Å². The molecule has 7 nitrogen and oxygen atoms in total. The molecule has 1 aromatic heterocycles. The van der Waals surface area contributed by atoms with Crippen LogP contribution in [0.15, 0.2) is 36.7 Å². The summed E-state index contributed by atoms with van der Waals surface area (Å²) in [5.74, 6) is -0.312. The maximum absolute atomic E-state index is 13.1. The van der Waals surface area contributed by atoms with Crippen molar-refractivity contribution >= 4 is 11.8 Å². The quantitative estimate of drug-likeness (QED) is 0.813. The van der Waals surface area contributed by atoms with Crippen LogP contribution in [0, 0.1) is 12.7 Å². The van der Waals surface area contributed by atoms with Crippen molar-refractivity contribution < 1.29 is 18.7 Å². The van der Waals surface area contributed by atoms with Crippen molar-refractivity contribution in [2.24, 2.45) is 0 Å². The van der Waals surface area contributed by atoms with Crippen LogP contribution in [-0.2, 0) is 4.79 Å². The van der Waals surface area contributed by atoms with Crippen molar-refractivity contribution in [3.05, 3.63) is 53.9 Å². The molecule has 1 unspecified atom stereocenters. The smallest absolute Gasteiger partial charge is 0.271 e. The Balaban J connectivity index is 1.56. The number of carbonyl (C=O) groups excluding carboxylic acids is 2. The number of aryl methyl sites for hydroxylation is 1. The minimum atomic E-state index is -1.08. The van der Waals surface area contributed by atoms with Crippen LogP contribution in [0.4, 0.5) is 4.39 Å². The Morgan fingerprint density at radius 3 is 2.53 bits per heavy atom. The first kappa shape index (κ1) is 21.7. The van der Waals surface area contributed by atoms with E-state index in [0.717, 1.165) is 18.5 Å². The summed E-state index contributed by atoms with van der Waals surface area (Å²) < 4.78 is 18.9. The van der Waals surface area contributed by atoms with E-state index in [1.807, 2.05) is 6.92 Å². The SMILES string of the molecule is Cc1cnc(C(=O)NC2CCCN(C(=O)C(C)(C)Oc3ccc(F)cc3)CC2)cn1. The van der Waals surface area contributed by atoms with Gasteiger partial charge in [-0.05, 0) is 64.3 Å². The van der Waals surface area contributed by atoms with Crippen molar-refractivity contribution in [2.75, 3.05) is 13.1 Å². The van der Waals surface area contributed by atoms with Crippen LogP contribution in [0.1, 0.15) is 49.3 Å². The number of ether oxygens (including phenoxy) is 1. The van der Waals surface area contributed by atoms with Crippen LogP contribution < -0.4 is 10.1 Å². The zero-order valence-corrected chi connectivity index (χ0v) is 17.5. The van der Waals surface area contributed by atoms with Crippen molar-refractivity contribution in [1.29, 1.82) is 0 Å². The third-order valence-electron chi connectivity index (χ3n) is 5.07. The fourth-order valence-electron chi connectivity index (χ4n) is 3.43. The maximum Gasteiger partial charge on any atom is 0.271 e. The maximum atomic E-state index is 13.1. The highest BCUT2D eigenvalue weighted by Crippen LogP contribution is 2.22. The molecule has 0 aliphatic carbocycles. The van der Waals surface area contributed by atoms with Crippen LogP contribution in [0.25, 0.3) is 0 Å². The highest BCUT2D eigenvalue weighted by molar-refractivity contribution is 5.92. The Labute approximate surface area is 175 Å². The summed E-state index contributed by atoms with van der Waals surface area (Å²) in [6.45, 7) is 6.33. The van der Waals surface area contributed by atoms with Gasteiger partial charge in [0.2, 0.25) is 0 Å². The summed E-state index contributed by atoms with van der Waals surface area (Å²) in [6, 6.07) is 5.57.